The maximum Gasteiger partial charge on any atom is 0.162 e. The predicted molar refractivity (Wildman–Crippen MR) is 119 cm³/mol. The van der Waals surface area contributed by atoms with Crippen molar-refractivity contribution >= 4 is 18.2 Å². The van der Waals surface area contributed by atoms with Gasteiger partial charge >= 0.3 is 0 Å². The molecule has 162 valence electrons. The van der Waals surface area contributed by atoms with E-state index in [1.54, 1.807) is 0 Å². The third-order valence-corrected chi connectivity index (χ3v) is 5.30. The number of benzene rings is 1. The molecule has 4 N–H and O–H groups in total. The Morgan fingerprint density at radius 3 is 2.07 bits per heavy atom. The summed E-state index contributed by atoms with van der Waals surface area (Å²) in [6.07, 6.45) is 12.3. The third-order valence-electron chi connectivity index (χ3n) is 5.30. The van der Waals surface area contributed by atoms with Gasteiger partial charge in [0.15, 0.2) is 5.78 Å². The monoisotopic (exact) mass is 413 g/mol. The van der Waals surface area contributed by atoms with Crippen molar-refractivity contribution < 1.29 is 15.0 Å². The Morgan fingerprint density at radius 1 is 0.893 bits per heavy atom. The van der Waals surface area contributed by atoms with Crippen LogP contribution >= 0.6 is 12.4 Å². The highest BCUT2D eigenvalue weighted by molar-refractivity contribution is 5.96. The molecule has 28 heavy (non-hydrogen) atoms. The molecule has 0 amide bonds. The number of aliphatic hydroxyl groups is 2. The second-order valence-electron chi connectivity index (χ2n) is 7.88. The van der Waals surface area contributed by atoms with E-state index in [4.69, 9.17) is 15.9 Å². The summed E-state index contributed by atoms with van der Waals surface area (Å²) in [5.41, 5.74) is 7.15. The maximum absolute atomic E-state index is 12.3. The second-order valence-corrected chi connectivity index (χ2v) is 7.88. The first-order chi connectivity index (χ1) is 13.0. The molecule has 0 saturated heterocycles. The summed E-state index contributed by atoms with van der Waals surface area (Å²) in [5, 5.41) is 18.3. The Morgan fingerprint density at radius 2 is 1.46 bits per heavy atom. The number of Topliss-reactive ketones (excluding diaryl/α,β-unsaturated/α-hetero) is 1. The Labute approximate surface area is 177 Å². The Bertz CT molecular complexity index is 515. The normalized spacial score (nSPS) is 11.3. The zero-order valence-corrected chi connectivity index (χ0v) is 18.3. The van der Waals surface area contributed by atoms with Crippen LogP contribution in [0, 0.1) is 0 Å². The molecule has 4 nitrogen and oxygen atoms in total. The summed E-state index contributed by atoms with van der Waals surface area (Å²) in [6, 6.07) is 8.14. The van der Waals surface area contributed by atoms with Gasteiger partial charge in [-0.2, -0.15) is 0 Å². The second kappa shape index (κ2) is 15.9. The van der Waals surface area contributed by atoms with Crippen LogP contribution in [-0.2, 0) is 6.42 Å². The molecule has 0 aromatic heterocycles. The van der Waals surface area contributed by atoms with Crippen molar-refractivity contribution in [2.45, 2.75) is 89.5 Å². The summed E-state index contributed by atoms with van der Waals surface area (Å²) in [5.74, 6) is 0.231. The molecule has 0 saturated carbocycles. The lowest BCUT2D eigenvalue weighted by Crippen LogP contribution is -2.47. The first-order valence-electron chi connectivity index (χ1n) is 10.7. The number of hydrogen-bond donors (Lipinski definition) is 3. The standard InChI is InChI=1S/C23H39NO3.ClH/c1-2-3-4-8-11-20-13-15-21(16-14-20)22(27)12-9-6-5-7-10-17-23(24,18-25)19-26;/h13-16,25-26H,2-12,17-19,24H2,1H3;1H. The molecule has 0 aliphatic rings. The van der Waals surface area contributed by atoms with Gasteiger partial charge in [0.1, 0.15) is 0 Å². The Balaban J connectivity index is 0.00000729. The van der Waals surface area contributed by atoms with Crippen LogP contribution in [0.4, 0.5) is 0 Å². The SMILES string of the molecule is CCCCCCc1ccc(C(=O)CCCCCCCC(N)(CO)CO)cc1.Cl. The van der Waals surface area contributed by atoms with Gasteiger partial charge in [0, 0.05) is 12.0 Å². The first-order valence-corrected chi connectivity index (χ1v) is 10.7. The minimum absolute atomic E-state index is 0. The largest absolute Gasteiger partial charge is 0.394 e. The van der Waals surface area contributed by atoms with Gasteiger partial charge in [-0.3, -0.25) is 4.79 Å². The number of halogens is 1. The van der Waals surface area contributed by atoms with E-state index in [0.717, 1.165) is 44.1 Å². The fourth-order valence-corrected chi connectivity index (χ4v) is 3.26. The molecule has 0 spiro atoms. The van der Waals surface area contributed by atoms with Crippen LogP contribution in [0.15, 0.2) is 24.3 Å². The van der Waals surface area contributed by atoms with E-state index in [0.29, 0.717) is 12.8 Å². The number of hydrogen-bond acceptors (Lipinski definition) is 4. The van der Waals surface area contributed by atoms with Gasteiger partial charge in [0.05, 0.1) is 18.8 Å². The van der Waals surface area contributed by atoms with Gasteiger partial charge in [0.25, 0.3) is 0 Å². The average Bonchev–Trinajstić information content (AvgIpc) is 2.70. The number of carbonyl (C=O) groups excluding carboxylic acids is 1. The molecule has 1 aromatic rings. The fraction of sp³-hybridized carbons (Fsp3) is 0.696. The van der Waals surface area contributed by atoms with E-state index in [1.165, 1.54) is 31.2 Å². The smallest absolute Gasteiger partial charge is 0.162 e. The van der Waals surface area contributed by atoms with Crippen LogP contribution in [0.5, 0.6) is 0 Å². The van der Waals surface area contributed by atoms with Gasteiger partial charge in [-0.05, 0) is 31.2 Å². The molecule has 1 aromatic carbocycles. The molecular weight excluding hydrogens is 374 g/mol. The lowest BCUT2D eigenvalue weighted by Gasteiger charge is -2.24. The van der Waals surface area contributed by atoms with Crippen LogP contribution in [0.1, 0.15) is 93.5 Å². The molecule has 0 atom stereocenters. The molecule has 0 unspecified atom stereocenters. The number of aryl methyl sites for hydroxylation is 1. The van der Waals surface area contributed by atoms with Crippen LogP contribution in [0.25, 0.3) is 0 Å². The molecule has 0 aliphatic heterocycles. The minimum atomic E-state index is -0.849. The zero-order valence-electron chi connectivity index (χ0n) is 17.5. The van der Waals surface area contributed by atoms with E-state index >= 15 is 0 Å². The lowest BCUT2D eigenvalue weighted by molar-refractivity contribution is 0.0978. The Hall–Kier alpha value is -0.940. The van der Waals surface area contributed by atoms with Crippen molar-refractivity contribution in [1.82, 2.24) is 0 Å². The van der Waals surface area contributed by atoms with E-state index in [2.05, 4.69) is 19.1 Å². The van der Waals surface area contributed by atoms with Crippen molar-refractivity contribution in [3.63, 3.8) is 0 Å². The number of nitrogens with two attached hydrogens (primary N) is 1. The van der Waals surface area contributed by atoms with Gasteiger partial charge in [0.2, 0.25) is 0 Å². The number of rotatable bonds is 16. The molecular formula is C23H40ClNO3. The van der Waals surface area contributed by atoms with E-state index in [9.17, 15) is 4.79 Å². The highest BCUT2D eigenvalue weighted by Crippen LogP contribution is 2.15. The van der Waals surface area contributed by atoms with Crippen molar-refractivity contribution in [3.8, 4) is 0 Å². The summed E-state index contributed by atoms with van der Waals surface area (Å²) < 4.78 is 0. The zero-order chi connectivity index (χ0) is 20.0. The fourth-order valence-electron chi connectivity index (χ4n) is 3.26. The molecule has 0 aliphatic carbocycles. The van der Waals surface area contributed by atoms with Crippen molar-refractivity contribution in [3.05, 3.63) is 35.4 Å². The number of unbranched alkanes of at least 4 members (excludes halogenated alkanes) is 7. The van der Waals surface area contributed by atoms with Crippen molar-refractivity contribution in [2.24, 2.45) is 5.73 Å². The number of carbonyl (C=O) groups is 1. The summed E-state index contributed by atoms with van der Waals surface area (Å²) >= 11 is 0. The number of aliphatic hydroxyl groups excluding tert-OH is 2. The van der Waals surface area contributed by atoms with E-state index in [-0.39, 0.29) is 31.4 Å². The van der Waals surface area contributed by atoms with Gasteiger partial charge in [-0.15, -0.1) is 12.4 Å². The van der Waals surface area contributed by atoms with Crippen molar-refractivity contribution in [1.29, 1.82) is 0 Å². The third kappa shape index (κ3) is 11.2. The summed E-state index contributed by atoms with van der Waals surface area (Å²) in [7, 11) is 0. The molecule has 0 heterocycles. The predicted octanol–water partition coefficient (Wildman–Crippen LogP) is 4.83. The van der Waals surface area contributed by atoms with Gasteiger partial charge in [-0.25, -0.2) is 0 Å². The van der Waals surface area contributed by atoms with E-state index in [1.807, 2.05) is 12.1 Å². The van der Waals surface area contributed by atoms with Crippen LogP contribution in [0.3, 0.4) is 0 Å². The van der Waals surface area contributed by atoms with E-state index < -0.39 is 5.54 Å². The van der Waals surface area contributed by atoms with Gasteiger partial charge < -0.3 is 15.9 Å². The van der Waals surface area contributed by atoms with Crippen LogP contribution in [0.2, 0.25) is 0 Å². The first kappa shape index (κ1) is 27.1. The molecule has 0 bridgehead atoms. The maximum atomic E-state index is 12.3. The summed E-state index contributed by atoms with van der Waals surface area (Å²) in [4.78, 5) is 12.3. The van der Waals surface area contributed by atoms with Crippen molar-refractivity contribution in [2.75, 3.05) is 13.2 Å². The summed E-state index contributed by atoms with van der Waals surface area (Å²) in [6.45, 7) is 1.85. The van der Waals surface area contributed by atoms with Crippen LogP contribution < -0.4 is 5.73 Å². The molecule has 0 radical (unpaired) electrons. The lowest BCUT2D eigenvalue weighted by atomic mass is 9.94. The topological polar surface area (TPSA) is 83.6 Å². The average molecular weight is 414 g/mol. The highest BCUT2D eigenvalue weighted by atomic mass is 35.5. The van der Waals surface area contributed by atoms with Gasteiger partial charge in [-0.1, -0.05) is 76.1 Å². The highest BCUT2D eigenvalue weighted by Gasteiger charge is 2.21. The quantitative estimate of drug-likeness (QED) is 0.268. The molecule has 0 fully saturated rings. The molecule has 1 rings (SSSR count). The van der Waals surface area contributed by atoms with Crippen LogP contribution in [-0.4, -0.2) is 34.7 Å². The Kier molecular flexibility index (Phi) is 15.4. The molecule has 5 heteroatoms. The number of ketones is 1. The minimum Gasteiger partial charge on any atom is -0.394 e.